The van der Waals surface area contributed by atoms with E-state index in [4.69, 9.17) is 4.74 Å². The SMILES string of the molecule is Cc1cc(C)cc(OC[C@@H]2CNC[C@H]2c2c[nH]c3ccccc23)c1. The molecule has 0 amide bonds. The summed E-state index contributed by atoms with van der Waals surface area (Å²) in [6, 6.07) is 15.0. The lowest BCUT2D eigenvalue weighted by Gasteiger charge is -2.19. The zero-order chi connectivity index (χ0) is 16.5. The molecule has 0 bridgehead atoms. The summed E-state index contributed by atoms with van der Waals surface area (Å²) in [5.41, 5.74) is 5.13. The third-order valence-corrected chi connectivity index (χ3v) is 5.02. The molecular weight excluding hydrogens is 296 g/mol. The number of aromatic nitrogens is 1. The second-order valence-electron chi connectivity index (χ2n) is 6.95. The lowest BCUT2D eigenvalue weighted by molar-refractivity contribution is 0.248. The van der Waals surface area contributed by atoms with Gasteiger partial charge in [-0.3, -0.25) is 0 Å². The number of para-hydroxylation sites is 1. The maximum Gasteiger partial charge on any atom is 0.119 e. The van der Waals surface area contributed by atoms with Crippen molar-refractivity contribution >= 4 is 10.9 Å². The van der Waals surface area contributed by atoms with Crippen molar-refractivity contribution in [3.63, 3.8) is 0 Å². The van der Waals surface area contributed by atoms with Crippen molar-refractivity contribution < 1.29 is 4.74 Å². The first-order chi connectivity index (χ1) is 11.7. The highest BCUT2D eigenvalue weighted by Crippen LogP contribution is 2.33. The normalized spacial score (nSPS) is 20.6. The Bertz CT molecular complexity index is 832. The Labute approximate surface area is 143 Å². The van der Waals surface area contributed by atoms with Gasteiger partial charge in [0.15, 0.2) is 0 Å². The van der Waals surface area contributed by atoms with Gasteiger partial charge in [0.25, 0.3) is 0 Å². The van der Waals surface area contributed by atoms with Crippen molar-refractivity contribution in [1.82, 2.24) is 10.3 Å². The standard InChI is InChI=1S/C21H24N2O/c1-14-7-15(2)9-17(8-14)24-13-16-10-22-11-19(16)20-12-23-21-6-4-3-5-18(20)21/h3-9,12,16,19,22-23H,10-11,13H2,1-2H3/t16-,19+/m0/s1. The molecule has 0 radical (unpaired) electrons. The van der Waals surface area contributed by atoms with Crippen LogP contribution in [0.5, 0.6) is 5.75 Å². The number of nitrogens with one attached hydrogen (secondary N) is 2. The van der Waals surface area contributed by atoms with E-state index < -0.39 is 0 Å². The molecule has 2 aromatic carbocycles. The average molecular weight is 320 g/mol. The van der Waals surface area contributed by atoms with Crippen molar-refractivity contribution in [3.05, 3.63) is 65.4 Å². The van der Waals surface area contributed by atoms with E-state index in [1.54, 1.807) is 0 Å². The Morgan fingerprint density at radius 3 is 2.67 bits per heavy atom. The topological polar surface area (TPSA) is 37.0 Å². The molecular formula is C21H24N2O. The minimum atomic E-state index is 0.491. The van der Waals surface area contributed by atoms with Crippen LogP contribution < -0.4 is 10.1 Å². The molecule has 3 heteroatoms. The highest BCUT2D eigenvalue weighted by atomic mass is 16.5. The van der Waals surface area contributed by atoms with Crippen molar-refractivity contribution in [2.75, 3.05) is 19.7 Å². The predicted molar refractivity (Wildman–Crippen MR) is 98.8 cm³/mol. The number of aromatic amines is 1. The van der Waals surface area contributed by atoms with Gasteiger partial charge in [-0.1, -0.05) is 24.3 Å². The van der Waals surface area contributed by atoms with E-state index in [1.165, 1.54) is 27.6 Å². The van der Waals surface area contributed by atoms with Gasteiger partial charge in [-0.2, -0.15) is 0 Å². The summed E-state index contributed by atoms with van der Waals surface area (Å²) in [5.74, 6) is 1.97. The highest BCUT2D eigenvalue weighted by Gasteiger charge is 2.30. The maximum atomic E-state index is 6.14. The van der Waals surface area contributed by atoms with Crippen LogP contribution in [0.15, 0.2) is 48.7 Å². The van der Waals surface area contributed by atoms with Crippen LogP contribution in [0.4, 0.5) is 0 Å². The van der Waals surface area contributed by atoms with Crippen molar-refractivity contribution in [3.8, 4) is 5.75 Å². The molecule has 3 nitrogen and oxygen atoms in total. The van der Waals surface area contributed by atoms with Gasteiger partial charge in [-0.15, -0.1) is 0 Å². The Hall–Kier alpha value is -2.26. The summed E-state index contributed by atoms with van der Waals surface area (Å²) in [6.45, 7) is 7.01. The van der Waals surface area contributed by atoms with E-state index in [9.17, 15) is 0 Å². The van der Waals surface area contributed by atoms with Gasteiger partial charge in [-0.05, 0) is 48.7 Å². The van der Waals surface area contributed by atoms with Crippen LogP contribution in [0.1, 0.15) is 22.6 Å². The largest absolute Gasteiger partial charge is 0.493 e. The van der Waals surface area contributed by atoms with Gasteiger partial charge in [0.2, 0.25) is 0 Å². The van der Waals surface area contributed by atoms with Crippen LogP contribution in [0.25, 0.3) is 10.9 Å². The number of rotatable bonds is 4. The lowest BCUT2D eigenvalue weighted by Crippen LogP contribution is -2.19. The van der Waals surface area contributed by atoms with Crippen LogP contribution in [0, 0.1) is 19.8 Å². The van der Waals surface area contributed by atoms with E-state index >= 15 is 0 Å². The predicted octanol–water partition coefficient (Wildman–Crippen LogP) is 4.17. The van der Waals surface area contributed by atoms with Gasteiger partial charge in [0.1, 0.15) is 5.75 Å². The lowest BCUT2D eigenvalue weighted by atomic mass is 9.89. The first-order valence-electron chi connectivity index (χ1n) is 8.68. The van der Waals surface area contributed by atoms with Gasteiger partial charge in [-0.25, -0.2) is 0 Å². The minimum Gasteiger partial charge on any atom is -0.493 e. The molecule has 1 aromatic heterocycles. The molecule has 1 aliphatic heterocycles. The van der Waals surface area contributed by atoms with E-state index in [2.05, 4.69) is 72.8 Å². The summed E-state index contributed by atoms with van der Waals surface area (Å²) < 4.78 is 6.14. The first kappa shape index (κ1) is 15.3. The van der Waals surface area contributed by atoms with E-state index in [0.29, 0.717) is 11.8 Å². The molecule has 1 saturated heterocycles. The van der Waals surface area contributed by atoms with Crippen LogP contribution in [-0.2, 0) is 0 Å². The minimum absolute atomic E-state index is 0.491. The van der Waals surface area contributed by atoms with Crippen LogP contribution >= 0.6 is 0 Å². The number of ether oxygens (including phenoxy) is 1. The summed E-state index contributed by atoms with van der Waals surface area (Å²) in [6.07, 6.45) is 2.17. The molecule has 2 N–H and O–H groups in total. The number of hydrogen-bond acceptors (Lipinski definition) is 2. The molecule has 2 heterocycles. The fourth-order valence-electron chi connectivity index (χ4n) is 3.89. The Kier molecular flexibility index (Phi) is 4.03. The third-order valence-electron chi connectivity index (χ3n) is 5.02. The fraction of sp³-hybridized carbons (Fsp3) is 0.333. The number of H-pyrrole nitrogens is 1. The zero-order valence-electron chi connectivity index (χ0n) is 14.3. The second-order valence-corrected chi connectivity index (χ2v) is 6.95. The van der Waals surface area contributed by atoms with Gasteiger partial charge in [0.05, 0.1) is 6.61 Å². The van der Waals surface area contributed by atoms with Gasteiger partial charge >= 0.3 is 0 Å². The molecule has 0 unspecified atom stereocenters. The quantitative estimate of drug-likeness (QED) is 0.757. The Morgan fingerprint density at radius 2 is 1.83 bits per heavy atom. The van der Waals surface area contributed by atoms with Crippen LogP contribution in [0.3, 0.4) is 0 Å². The van der Waals surface area contributed by atoms with Crippen molar-refractivity contribution in [2.24, 2.45) is 5.92 Å². The van der Waals surface area contributed by atoms with Gasteiger partial charge < -0.3 is 15.0 Å². The molecule has 124 valence electrons. The molecule has 1 aliphatic rings. The highest BCUT2D eigenvalue weighted by molar-refractivity contribution is 5.83. The zero-order valence-corrected chi connectivity index (χ0v) is 14.3. The van der Waals surface area contributed by atoms with Crippen LogP contribution in [0.2, 0.25) is 0 Å². The first-order valence-corrected chi connectivity index (χ1v) is 8.68. The van der Waals surface area contributed by atoms with Gasteiger partial charge in [0, 0.05) is 42.0 Å². The summed E-state index contributed by atoms with van der Waals surface area (Å²) in [7, 11) is 0. The Morgan fingerprint density at radius 1 is 1.04 bits per heavy atom. The average Bonchev–Trinajstić information content (AvgIpc) is 3.18. The summed E-state index contributed by atoms with van der Waals surface area (Å²) >= 11 is 0. The number of aryl methyl sites for hydroxylation is 2. The number of fused-ring (bicyclic) bond motifs is 1. The summed E-state index contributed by atoms with van der Waals surface area (Å²) in [4.78, 5) is 3.41. The second kappa shape index (κ2) is 6.33. The van der Waals surface area contributed by atoms with E-state index in [1.807, 2.05) is 0 Å². The molecule has 0 saturated carbocycles. The molecule has 1 fully saturated rings. The van der Waals surface area contributed by atoms with E-state index in [-0.39, 0.29) is 0 Å². The smallest absolute Gasteiger partial charge is 0.119 e. The number of benzene rings is 2. The van der Waals surface area contributed by atoms with Crippen molar-refractivity contribution in [2.45, 2.75) is 19.8 Å². The number of hydrogen-bond donors (Lipinski definition) is 2. The third kappa shape index (κ3) is 2.92. The van der Waals surface area contributed by atoms with Crippen LogP contribution in [-0.4, -0.2) is 24.7 Å². The molecule has 2 atom stereocenters. The molecule has 3 aromatic rings. The monoisotopic (exact) mass is 320 g/mol. The van der Waals surface area contributed by atoms with E-state index in [0.717, 1.165) is 25.4 Å². The maximum absolute atomic E-state index is 6.14. The fourth-order valence-corrected chi connectivity index (χ4v) is 3.89. The molecule has 24 heavy (non-hydrogen) atoms. The Balaban J connectivity index is 1.52. The summed E-state index contributed by atoms with van der Waals surface area (Å²) in [5, 5.41) is 4.88. The molecule has 4 rings (SSSR count). The molecule has 0 aliphatic carbocycles. The molecule has 0 spiro atoms. The van der Waals surface area contributed by atoms with Crippen molar-refractivity contribution in [1.29, 1.82) is 0 Å².